The molecule has 2 saturated heterocycles. The molecule has 0 spiro atoms. The van der Waals surface area contributed by atoms with E-state index in [4.69, 9.17) is 11.6 Å². The van der Waals surface area contributed by atoms with Gasteiger partial charge in [-0.3, -0.25) is 10.2 Å². The monoisotopic (exact) mass is 279 g/mol. The average Bonchev–Trinajstić information content (AvgIpc) is 2.49. The van der Waals surface area contributed by atoms with Crippen molar-refractivity contribution < 1.29 is 0 Å². The molecule has 0 aliphatic carbocycles. The van der Waals surface area contributed by atoms with Crippen LogP contribution in [-0.2, 0) is 0 Å². The van der Waals surface area contributed by atoms with Gasteiger partial charge in [-0.15, -0.1) is 0 Å². The molecule has 0 bridgehead atoms. The molecule has 1 atom stereocenters. The summed E-state index contributed by atoms with van der Waals surface area (Å²) in [5, 5.41) is 4.47. The van der Waals surface area contributed by atoms with Crippen LogP contribution in [0, 0.1) is 0 Å². The van der Waals surface area contributed by atoms with E-state index in [0.29, 0.717) is 6.17 Å². The molecule has 0 amide bonds. The van der Waals surface area contributed by atoms with Gasteiger partial charge in [-0.2, -0.15) is 0 Å². The Bertz CT molecular complexity index is 400. The molecule has 3 nitrogen and oxygen atoms in total. The zero-order chi connectivity index (χ0) is 13.1. The van der Waals surface area contributed by atoms with E-state index in [1.165, 1.54) is 38.0 Å². The molecule has 1 N–H and O–H groups in total. The molecule has 1 aromatic rings. The first kappa shape index (κ1) is 13.2. The van der Waals surface area contributed by atoms with Gasteiger partial charge in [0, 0.05) is 30.3 Å². The van der Waals surface area contributed by atoms with E-state index in [1.807, 2.05) is 12.1 Å². The van der Waals surface area contributed by atoms with Gasteiger partial charge in [-0.25, -0.2) is 0 Å². The molecule has 2 heterocycles. The van der Waals surface area contributed by atoms with E-state index >= 15 is 0 Å². The topological polar surface area (TPSA) is 18.5 Å². The number of hydrogen-bond donors (Lipinski definition) is 1. The van der Waals surface area contributed by atoms with Crippen molar-refractivity contribution in [2.75, 3.05) is 37.6 Å². The number of piperidine rings is 1. The zero-order valence-electron chi connectivity index (χ0n) is 11.3. The van der Waals surface area contributed by atoms with Crippen LogP contribution in [0.4, 0.5) is 5.69 Å². The highest BCUT2D eigenvalue weighted by Gasteiger charge is 2.25. The second-order valence-electron chi connectivity index (χ2n) is 5.49. The molecule has 0 aromatic heterocycles. The maximum atomic E-state index is 5.96. The van der Waals surface area contributed by atoms with Gasteiger partial charge in [-0.1, -0.05) is 18.0 Å². The van der Waals surface area contributed by atoms with E-state index in [1.54, 1.807) is 0 Å². The van der Waals surface area contributed by atoms with Crippen molar-refractivity contribution in [1.82, 2.24) is 10.2 Å². The minimum absolute atomic E-state index is 0.504. The maximum Gasteiger partial charge on any atom is 0.0778 e. The van der Waals surface area contributed by atoms with Crippen LogP contribution in [-0.4, -0.2) is 43.8 Å². The molecule has 3 rings (SSSR count). The molecular formula is C15H22ClN3. The van der Waals surface area contributed by atoms with Crippen LogP contribution in [0.1, 0.15) is 19.3 Å². The minimum Gasteiger partial charge on any atom is -0.367 e. The molecule has 1 aromatic carbocycles. The predicted octanol–water partition coefficient (Wildman–Crippen LogP) is 2.56. The largest absolute Gasteiger partial charge is 0.367 e. The lowest BCUT2D eigenvalue weighted by Crippen LogP contribution is -2.59. The van der Waals surface area contributed by atoms with Crippen molar-refractivity contribution in [2.24, 2.45) is 0 Å². The van der Waals surface area contributed by atoms with Gasteiger partial charge < -0.3 is 4.90 Å². The van der Waals surface area contributed by atoms with E-state index < -0.39 is 0 Å². The molecule has 19 heavy (non-hydrogen) atoms. The number of hydrogen-bond acceptors (Lipinski definition) is 3. The number of rotatable bonds is 2. The zero-order valence-corrected chi connectivity index (χ0v) is 12.1. The van der Waals surface area contributed by atoms with Crippen LogP contribution < -0.4 is 10.2 Å². The van der Waals surface area contributed by atoms with E-state index in [0.717, 1.165) is 24.7 Å². The summed E-state index contributed by atoms with van der Waals surface area (Å²) in [6, 6.07) is 8.21. The smallest absolute Gasteiger partial charge is 0.0778 e. The Morgan fingerprint density at radius 1 is 1.00 bits per heavy atom. The fourth-order valence-electron chi connectivity index (χ4n) is 3.09. The standard InChI is InChI=1S/C15H22ClN3/c16-13-4-6-14(7-5-13)19-11-8-17-15(12-19)18-9-2-1-3-10-18/h4-7,15,17H,1-3,8-12H2. The van der Waals surface area contributed by atoms with E-state index in [9.17, 15) is 0 Å². The number of nitrogens with zero attached hydrogens (tertiary/aromatic N) is 2. The fourth-order valence-corrected chi connectivity index (χ4v) is 3.22. The highest BCUT2D eigenvalue weighted by atomic mass is 35.5. The summed E-state index contributed by atoms with van der Waals surface area (Å²) < 4.78 is 0. The maximum absolute atomic E-state index is 5.96. The lowest BCUT2D eigenvalue weighted by atomic mass is 10.1. The second-order valence-corrected chi connectivity index (χ2v) is 5.93. The van der Waals surface area contributed by atoms with Gasteiger partial charge in [0.25, 0.3) is 0 Å². The van der Waals surface area contributed by atoms with Gasteiger partial charge in [0.15, 0.2) is 0 Å². The highest BCUT2D eigenvalue weighted by molar-refractivity contribution is 6.30. The number of piperazine rings is 1. The summed E-state index contributed by atoms with van der Waals surface area (Å²) in [5.74, 6) is 0. The summed E-state index contributed by atoms with van der Waals surface area (Å²) >= 11 is 5.96. The summed E-state index contributed by atoms with van der Waals surface area (Å²) in [7, 11) is 0. The van der Waals surface area contributed by atoms with E-state index in [2.05, 4.69) is 27.2 Å². The predicted molar refractivity (Wildman–Crippen MR) is 80.9 cm³/mol. The van der Waals surface area contributed by atoms with Crippen molar-refractivity contribution >= 4 is 17.3 Å². The Morgan fingerprint density at radius 3 is 2.47 bits per heavy atom. The van der Waals surface area contributed by atoms with Gasteiger partial charge in [-0.05, 0) is 50.2 Å². The van der Waals surface area contributed by atoms with Crippen LogP contribution in [0.25, 0.3) is 0 Å². The minimum atomic E-state index is 0.504. The van der Waals surface area contributed by atoms with Gasteiger partial charge in [0.2, 0.25) is 0 Å². The molecule has 2 fully saturated rings. The second kappa shape index (κ2) is 6.12. The summed E-state index contributed by atoms with van der Waals surface area (Å²) in [6.07, 6.45) is 4.59. The lowest BCUT2D eigenvalue weighted by Gasteiger charge is -2.42. The third kappa shape index (κ3) is 3.22. The van der Waals surface area contributed by atoms with Crippen LogP contribution in [0.3, 0.4) is 0 Å². The molecule has 1 unspecified atom stereocenters. The first-order chi connectivity index (χ1) is 9.33. The van der Waals surface area contributed by atoms with Crippen molar-refractivity contribution in [2.45, 2.75) is 25.4 Å². The molecule has 0 radical (unpaired) electrons. The van der Waals surface area contributed by atoms with Gasteiger partial charge in [0.1, 0.15) is 0 Å². The summed E-state index contributed by atoms with van der Waals surface area (Å²) in [6.45, 7) is 5.69. The van der Waals surface area contributed by atoms with Crippen molar-refractivity contribution in [1.29, 1.82) is 0 Å². The quantitative estimate of drug-likeness (QED) is 0.898. The molecule has 104 valence electrons. The van der Waals surface area contributed by atoms with Gasteiger partial charge in [0.05, 0.1) is 6.17 Å². The summed E-state index contributed by atoms with van der Waals surface area (Å²) in [5.41, 5.74) is 1.29. The Hall–Kier alpha value is -0.770. The molecular weight excluding hydrogens is 258 g/mol. The average molecular weight is 280 g/mol. The molecule has 4 heteroatoms. The highest BCUT2D eigenvalue weighted by Crippen LogP contribution is 2.21. The normalized spacial score (nSPS) is 25.5. The number of anilines is 1. The molecule has 2 aliphatic rings. The van der Waals surface area contributed by atoms with Crippen molar-refractivity contribution in [3.8, 4) is 0 Å². The Balaban J connectivity index is 1.65. The van der Waals surface area contributed by atoms with E-state index in [-0.39, 0.29) is 0 Å². The fraction of sp³-hybridized carbons (Fsp3) is 0.600. The SMILES string of the molecule is Clc1ccc(N2CCNC(N3CCCCC3)C2)cc1. The van der Waals surface area contributed by atoms with Gasteiger partial charge >= 0.3 is 0 Å². The Labute approximate surface area is 120 Å². The summed E-state index contributed by atoms with van der Waals surface area (Å²) in [4.78, 5) is 5.07. The third-order valence-corrected chi connectivity index (χ3v) is 4.43. The first-order valence-corrected chi connectivity index (χ1v) is 7.69. The Kier molecular flexibility index (Phi) is 4.26. The molecule has 2 aliphatic heterocycles. The van der Waals surface area contributed by atoms with Crippen LogP contribution in [0.15, 0.2) is 24.3 Å². The third-order valence-electron chi connectivity index (χ3n) is 4.18. The number of halogens is 1. The Morgan fingerprint density at radius 2 is 1.74 bits per heavy atom. The molecule has 0 saturated carbocycles. The number of benzene rings is 1. The van der Waals surface area contributed by atoms with Crippen molar-refractivity contribution in [3.63, 3.8) is 0 Å². The van der Waals surface area contributed by atoms with Crippen LogP contribution >= 0.6 is 11.6 Å². The van der Waals surface area contributed by atoms with Crippen molar-refractivity contribution in [3.05, 3.63) is 29.3 Å². The van der Waals surface area contributed by atoms with Crippen LogP contribution in [0.5, 0.6) is 0 Å². The number of nitrogens with one attached hydrogen (secondary N) is 1. The first-order valence-electron chi connectivity index (χ1n) is 7.31. The number of likely N-dealkylation sites (tertiary alicyclic amines) is 1. The van der Waals surface area contributed by atoms with Crippen LogP contribution in [0.2, 0.25) is 5.02 Å². The lowest BCUT2D eigenvalue weighted by molar-refractivity contribution is 0.131.